The fourth-order valence-corrected chi connectivity index (χ4v) is 2.66. The molecule has 0 saturated carbocycles. The van der Waals surface area contributed by atoms with Crippen LogP contribution in [0.4, 0.5) is 4.39 Å². The molecule has 3 aromatic rings. The van der Waals surface area contributed by atoms with Gasteiger partial charge in [-0.1, -0.05) is 12.1 Å². The van der Waals surface area contributed by atoms with Crippen LogP contribution in [-0.2, 0) is 4.79 Å². The van der Waals surface area contributed by atoms with Crippen molar-refractivity contribution in [2.75, 3.05) is 7.11 Å². The third-order valence-electron chi connectivity index (χ3n) is 4.03. The molecular weight excluding hydrogens is 383 g/mol. The van der Waals surface area contributed by atoms with E-state index >= 15 is 0 Å². The number of aromatic nitrogens is 3. The van der Waals surface area contributed by atoms with E-state index in [-0.39, 0.29) is 17.3 Å². The van der Waals surface area contributed by atoms with Crippen LogP contribution in [0.15, 0.2) is 48.7 Å². The number of carboxylic acid groups (broad SMARTS) is 1. The molecular formula is C19H17FN4O5. The highest BCUT2D eigenvalue weighted by Gasteiger charge is 2.22. The fraction of sp³-hybridized carbons (Fsp3) is 0.158. The smallest absolute Gasteiger partial charge is 0.305 e. The number of ether oxygens (including phenoxy) is 1. The number of aromatic hydroxyl groups is 1. The van der Waals surface area contributed by atoms with Crippen LogP contribution < -0.4 is 10.1 Å². The Morgan fingerprint density at radius 2 is 2.07 bits per heavy atom. The van der Waals surface area contributed by atoms with Gasteiger partial charge in [-0.2, -0.15) is 5.10 Å². The number of benzene rings is 1. The Hall–Kier alpha value is -3.95. The van der Waals surface area contributed by atoms with E-state index < -0.39 is 30.2 Å². The Bertz CT molecular complexity index is 1040. The predicted molar refractivity (Wildman–Crippen MR) is 98.4 cm³/mol. The molecule has 0 radical (unpaired) electrons. The number of pyridine rings is 1. The lowest BCUT2D eigenvalue weighted by molar-refractivity contribution is -0.137. The minimum absolute atomic E-state index is 0.163. The Balaban J connectivity index is 1.84. The van der Waals surface area contributed by atoms with Crippen LogP contribution in [0.5, 0.6) is 11.8 Å². The second kappa shape index (κ2) is 8.38. The number of carboxylic acids is 1. The van der Waals surface area contributed by atoms with Crippen LogP contribution in [-0.4, -0.2) is 44.0 Å². The van der Waals surface area contributed by atoms with Crippen molar-refractivity contribution >= 4 is 11.9 Å². The molecule has 150 valence electrons. The van der Waals surface area contributed by atoms with E-state index in [9.17, 15) is 19.1 Å². The van der Waals surface area contributed by atoms with Gasteiger partial charge in [-0.05, 0) is 23.8 Å². The molecule has 29 heavy (non-hydrogen) atoms. The van der Waals surface area contributed by atoms with E-state index in [0.717, 1.165) is 16.8 Å². The summed E-state index contributed by atoms with van der Waals surface area (Å²) in [4.78, 5) is 27.8. The van der Waals surface area contributed by atoms with E-state index in [1.165, 1.54) is 31.5 Å². The molecule has 1 atom stereocenters. The molecule has 0 bridgehead atoms. The zero-order chi connectivity index (χ0) is 21.0. The molecule has 0 spiro atoms. The maximum absolute atomic E-state index is 13.4. The average Bonchev–Trinajstić information content (AvgIpc) is 3.09. The normalized spacial score (nSPS) is 11.7. The molecule has 0 saturated heterocycles. The number of amides is 1. The molecule has 10 heteroatoms. The minimum atomic E-state index is -1.13. The molecule has 0 unspecified atom stereocenters. The summed E-state index contributed by atoms with van der Waals surface area (Å²) in [5.74, 6) is -2.40. The van der Waals surface area contributed by atoms with Gasteiger partial charge in [-0.25, -0.2) is 14.1 Å². The molecule has 2 heterocycles. The van der Waals surface area contributed by atoms with Crippen molar-refractivity contribution < 1.29 is 28.9 Å². The Kier molecular flexibility index (Phi) is 5.72. The largest absolute Gasteiger partial charge is 0.493 e. The summed E-state index contributed by atoms with van der Waals surface area (Å²) in [6, 6.07) is 8.66. The van der Waals surface area contributed by atoms with Crippen molar-refractivity contribution in [1.82, 2.24) is 20.1 Å². The summed E-state index contributed by atoms with van der Waals surface area (Å²) in [6.07, 6.45) is 1.01. The number of aliphatic carboxylic acids is 1. The van der Waals surface area contributed by atoms with E-state index in [0.29, 0.717) is 11.4 Å². The van der Waals surface area contributed by atoms with Gasteiger partial charge in [-0.3, -0.25) is 9.59 Å². The summed E-state index contributed by atoms with van der Waals surface area (Å²) < 4.78 is 19.4. The highest BCUT2D eigenvalue weighted by Crippen LogP contribution is 2.21. The number of nitrogens with zero attached hydrogens (tertiary/aromatic N) is 3. The summed E-state index contributed by atoms with van der Waals surface area (Å²) >= 11 is 0. The number of methoxy groups -OCH3 is 1. The van der Waals surface area contributed by atoms with E-state index in [1.54, 1.807) is 12.1 Å². The third kappa shape index (κ3) is 4.67. The molecule has 0 aliphatic carbocycles. The van der Waals surface area contributed by atoms with Gasteiger partial charge in [0, 0.05) is 18.3 Å². The lowest BCUT2D eigenvalue weighted by Gasteiger charge is -2.16. The number of hydrogen-bond acceptors (Lipinski definition) is 6. The van der Waals surface area contributed by atoms with Crippen molar-refractivity contribution in [1.29, 1.82) is 0 Å². The van der Waals surface area contributed by atoms with Gasteiger partial charge in [0.25, 0.3) is 5.91 Å². The molecule has 0 aliphatic heterocycles. The molecule has 9 nitrogen and oxygen atoms in total. The summed E-state index contributed by atoms with van der Waals surface area (Å²) in [7, 11) is 1.44. The summed E-state index contributed by atoms with van der Waals surface area (Å²) in [6.45, 7) is 0. The Labute approximate surface area is 164 Å². The number of carbonyl (C=O) groups is 2. The fourth-order valence-electron chi connectivity index (χ4n) is 2.66. The van der Waals surface area contributed by atoms with Gasteiger partial charge < -0.3 is 20.3 Å². The molecule has 0 aliphatic rings. The van der Waals surface area contributed by atoms with Crippen molar-refractivity contribution in [3.05, 3.63) is 65.7 Å². The quantitative estimate of drug-likeness (QED) is 0.554. The number of hydrogen-bond donors (Lipinski definition) is 3. The first kappa shape index (κ1) is 19.8. The monoisotopic (exact) mass is 400 g/mol. The van der Waals surface area contributed by atoms with Gasteiger partial charge >= 0.3 is 5.97 Å². The SMILES string of the molecule is COc1ccc([C@H](CC(=O)O)NC(=O)c2cc(O)n(-c3cccc(F)c3)n2)cn1. The maximum Gasteiger partial charge on any atom is 0.305 e. The van der Waals surface area contributed by atoms with E-state index in [2.05, 4.69) is 15.4 Å². The first-order valence-corrected chi connectivity index (χ1v) is 8.45. The lowest BCUT2D eigenvalue weighted by atomic mass is 10.1. The van der Waals surface area contributed by atoms with Crippen LogP contribution in [0.1, 0.15) is 28.5 Å². The zero-order valence-electron chi connectivity index (χ0n) is 15.2. The average molecular weight is 400 g/mol. The molecule has 3 N–H and O–H groups in total. The van der Waals surface area contributed by atoms with Gasteiger partial charge in [0.15, 0.2) is 5.69 Å². The van der Waals surface area contributed by atoms with Crippen molar-refractivity contribution in [3.8, 4) is 17.4 Å². The van der Waals surface area contributed by atoms with E-state index in [4.69, 9.17) is 9.84 Å². The highest BCUT2D eigenvalue weighted by atomic mass is 19.1. The van der Waals surface area contributed by atoms with Gasteiger partial charge in [0.1, 0.15) is 5.82 Å². The molecule has 2 aromatic heterocycles. The summed E-state index contributed by atoms with van der Waals surface area (Å²) in [5, 5.41) is 25.8. The van der Waals surface area contributed by atoms with Gasteiger partial charge in [0.2, 0.25) is 11.8 Å². The maximum atomic E-state index is 13.4. The Morgan fingerprint density at radius 3 is 2.69 bits per heavy atom. The van der Waals surface area contributed by atoms with E-state index in [1.807, 2.05) is 0 Å². The van der Waals surface area contributed by atoms with Crippen LogP contribution >= 0.6 is 0 Å². The van der Waals surface area contributed by atoms with Crippen LogP contribution in [0.3, 0.4) is 0 Å². The van der Waals surface area contributed by atoms with Crippen LogP contribution in [0.25, 0.3) is 5.69 Å². The number of nitrogens with one attached hydrogen (secondary N) is 1. The highest BCUT2D eigenvalue weighted by molar-refractivity contribution is 5.93. The molecule has 3 rings (SSSR count). The topological polar surface area (TPSA) is 127 Å². The third-order valence-corrected chi connectivity index (χ3v) is 4.03. The number of halogens is 1. The number of carbonyl (C=O) groups excluding carboxylic acids is 1. The van der Waals surface area contributed by atoms with Crippen LogP contribution in [0.2, 0.25) is 0 Å². The standard InChI is InChI=1S/C19H17FN4O5/c1-29-16-6-5-11(10-21-16)14(9-18(26)27)22-19(28)15-8-17(25)24(23-15)13-4-2-3-12(20)7-13/h2-8,10,14,25H,9H2,1H3,(H,22,28)(H,26,27)/t14-/m0/s1. The van der Waals surface area contributed by atoms with Crippen molar-refractivity contribution in [2.45, 2.75) is 12.5 Å². The van der Waals surface area contributed by atoms with Crippen LogP contribution in [0, 0.1) is 5.82 Å². The van der Waals surface area contributed by atoms with Crippen molar-refractivity contribution in [3.63, 3.8) is 0 Å². The second-order valence-electron chi connectivity index (χ2n) is 6.04. The van der Waals surface area contributed by atoms with Gasteiger partial charge in [0.05, 0.1) is 25.3 Å². The van der Waals surface area contributed by atoms with Crippen molar-refractivity contribution in [2.24, 2.45) is 0 Å². The first-order chi connectivity index (χ1) is 13.9. The zero-order valence-corrected chi connectivity index (χ0v) is 15.2. The molecule has 1 aromatic carbocycles. The van der Waals surface area contributed by atoms with Gasteiger partial charge in [-0.15, -0.1) is 0 Å². The predicted octanol–water partition coefficient (Wildman–Crippen LogP) is 2.07. The first-order valence-electron chi connectivity index (χ1n) is 8.45. The minimum Gasteiger partial charge on any atom is -0.493 e. The Morgan fingerprint density at radius 1 is 1.28 bits per heavy atom. The lowest BCUT2D eigenvalue weighted by Crippen LogP contribution is -2.30. The number of rotatable bonds is 7. The second-order valence-corrected chi connectivity index (χ2v) is 6.04. The summed E-state index contributed by atoms with van der Waals surface area (Å²) in [5.41, 5.74) is 0.516. The molecule has 1 amide bonds. The molecule has 0 fully saturated rings.